The summed E-state index contributed by atoms with van der Waals surface area (Å²) in [5.41, 5.74) is 3.15. The molecule has 1 aliphatic heterocycles. The molecular formula is C32H32FN3O4. The van der Waals surface area contributed by atoms with Crippen LogP contribution in [0.15, 0.2) is 72.9 Å². The van der Waals surface area contributed by atoms with E-state index in [1.165, 1.54) is 12.1 Å². The Kier molecular flexibility index (Phi) is 7.40. The molecule has 2 amide bonds. The highest BCUT2D eigenvalue weighted by molar-refractivity contribution is 5.92. The van der Waals surface area contributed by atoms with E-state index in [1.807, 2.05) is 48.7 Å². The van der Waals surface area contributed by atoms with Crippen molar-refractivity contribution in [2.24, 2.45) is 0 Å². The van der Waals surface area contributed by atoms with Crippen LogP contribution in [0.1, 0.15) is 54.8 Å². The molecule has 8 heteroatoms. The fourth-order valence-corrected chi connectivity index (χ4v) is 5.75. The standard InChI is InChI=1S/C32H32FN3O4/c33-24-13-11-22(12-14-24)31(32(38)35-25-6-2-1-3-7-25)36(19-21-10-15-28-29(16-21)40-20-39-28)30(37)17-23-18-34-27-9-5-4-8-26(23)27/h4-5,8-16,18,25,31,34H,1-3,6-7,17,19-20H2,(H,35,38). The number of para-hydroxylation sites is 1. The molecule has 3 aromatic carbocycles. The summed E-state index contributed by atoms with van der Waals surface area (Å²) in [6.07, 6.45) is 7.05. The molecule has 1 atom stereocenters. The van der Waals surface area contributed by atoms with Gasteiger partial charge in [-0.05, 0) is 59.9 Å². The number of aromatic nitrogens is 1. The summed E-state index contributed by atoms with van der Waals surface area (Å²) < 4.78 is 25.0. The second kappa shape index (κ2) is 11.4. The summed E-state index contributed by atoms with van der Waals surface area (Å²) in [4.78, 5) is 33.0. The molecule has 206 valence electrons. The Labute approximate surface area is 232 Å². The Morgan fingerprint density at radius 2 is 1.75 bits per heavy atom. The van der Waals surface area contributed by atoms with E-state index < -0.39 is 11.9 Å². The van der Waals surface area contributed by atoms with E-state index in [1.54, 1.807) is 17.0 Å². The molecule has 7 nitrogen and oxygen atoms in total. The highest BCUT2D eigenvalue weighted by Crippen LogP contribution is 2.34. The van der Waals surface area contributed by atoms with E-state index in [0.29, 0.717) is 17.1 Å². The van der Waals surface area contributed by atoms with Gasteiger partial charge in [-0.25, -0.2) is 4.39 Å². The number of amides is 2. The highest BCUT2D eigenvalue weighted by Gasteiger charge is 2.33. The molecule has 1 aliphatic carbocycles. The molecule has 0 saturated heterocycles. The molecule has 1 fully saturated rings. The van der Waals surface area contributed by atoms with Crippen LogP contribution in [0.4, 0.5) is 4.39 Å². The van der Waals surface area contributed by atoms with Crippen molar-refractivity contribution in [3.05, 3.63) is 95.4 Å². The maximum Gasteiger partial charge on any atom is 0.247 e. The number of nitrogens with one attached hydrogen (secondary N) is 2. The Hall–Kier alpha value is -4.33. The molecule has 1 saturated carbocycles. The zero-order valence-electron chi connectivity index (χ0n) is 22.2. The molecule has 2 N–H and O–H groups in total. The van der Waals surface area contributed by atoms with Crippen molar-refractivity contribution in [1.29, 1.82) is 0 Å². The van der Waals surface area contributed by atoms with Gasteiger partial charge in [0.25, 0.3) is 0 Å². The first kappa shape index (κ1) is 25.9. The molecule has 2 heterocycles. The smallest absolute Gasteiger partial charge is 0.247 e. The molecule has 2 aliphatic rings. The number of nitrogens with zero attached hydrogens (tertiary/aromatic N) is 1. The van der Waals surface area contributed by atoms with Crippen molar-refractivity contribution in [2.75, 3.05) is 6.79 Å². The first-order valence-corrected chi connectivity index (χ1v) is 13.8. The molecule has 0 bridgehead atoms. The number of halogens is 1. The number of ether oxygens (including phenoxy) is 2. The third kappa shape index (κ3) is 5.52. The van der Waals surface area contributed by atoms with Crippen LogP contribution in [0.25, 0.3) is 10.9 Å². The highest BCUT2D eigenvalue weighted by atomic mass is 19.1. The molecule has 1 aromatic heterocycles. The van der Waals surface area contributed by atoms with Gasteiger partial charge in [-0.2, -0.15) is 0 Å². The van der Waals surface area contributed by atoms with Gasteiger partial charge >= 0.3 is 0 Å². The van der Waals surface area contributed by atoms with Gasteiger partial charge in [-0.15, -0.1) is 0 Å². The van der Waals surface area contributed by atoms with E-state index in [9.17, 15) is 14.0 Å². The topological polar surface area (TPSA) is 83.7 Å². The number of fused-ring (bicyclic) bond motifs is 2. The number of hydrogen-bond donors (Lipinski definition) is 2. The summed E-state index contributed by atoms with van der Waals surface area (Å²) >= 11 is 0. The van der Waals surface area contributed by atoms with Gasteiger partial charge in [-0.1, -0.05) is 55.7 Å². The van der Waals surface area contributed by atoms with Crippen LogP contribution in [0.5, 0.6) is 11.5 Å². The lowest BCUT2D eigenvalue weighted by molar-refractivity contribution is -0.141. The average molecular weight is 542 g/mol. The Morgan fingerprint density at radius 1 is 0.975 bits per heavy atom. The van der Waals surface area contributed by atoms with Gasteiger partial charge in [0.1, 0.15) is 11.9 Å². The Bertz CT molecular complexity index is 1510. The minimum absolute atomic E-state index is 0.0558. The summed E-state index contributed by atoms with van der Waals surface area (Å²) in [6.45, 7) is 0.307. The van der Waals surface area contributed by atoms with Gasteiger partial charge in [-0.3, -0.25) is 9.59 Å². The normalized spacial score (nSPS) is 15.6. The van der Waals surface area contributed by atoms with Crippen LogP contribution in [0, 0.1) is 5.82 Å². The van der Waals surface area contributed by atoms with Gasteiger partial charge in [0.15, 0.2) is 11.5 Å². The summed E-state index contributed by atoms with van der Waals surface area (Å²) in [7, 11) is 0. The molecule has 0 radical (unpaired) electrons. The van der Waals surface area contributed by atoms with Crippen LogP contribution in [0.2, 0.25) is 0 Å². The van der Waals surface area contributed by atoms with Crippen molar-refractivity contribution >= 4 is 22.7 Å². The molecule has 4 aromatic rings. The first-order chi connectivity index (χ1) is 19.5. The lowest BCUT2D eigenvalue weighted by Crippen LogP contribution is -2.47. The maximum absolute atomic E-state index is 14.2. The van der Waals surface area contributed by atoms with E-state index in [0.717, 1.165) is 54.1 Å². The fraction of sp³-hybridized carbons (Fsp3) is 0.312. The Balaban J connectivity index is 1.37. The predicted molar refractivity (Wildman–Crippen MR) is 149 cm³/mol. The zero-order valence-corrected chi connectivity index (χ0v) is 22.2. The monoisotopic (exact) mass is 541 g/mol. The van der Waals surface area contributed by atoms with Gasteiger partial charge in [0, 0.05) is 29.7 Å². The quantitative estimate of drug-likeness (QED) is 0.296. The molecular weight excluding hydrogens is 509 g/mol. The predicted octanol–water partition coefficient (Wildman–Crippen LogP) is 5.80. The molecule has 1 unspecified atom stereocenters. The van der Waals surface area contributed by atoms with E-state index in [2.05, 4.69) is 10.3 Å². The second-order valence-electron chi connectivity index (χ2n) is 10.5. The first-order valence-electron chi connectivity index (χ1n) is 13.8. The lowest BCUT2D eigenvalue weighted by atomic mass is 9.94. The Morgan fingerprint density at radius 3 is 2.58 bits per heavy atom. The number of hydrogen-bond acceptors (Lipinski definition) is 4. The van der Waals surface area contributed by atoms with Crippen molar-refractivity contribution in [3.8, 4) is 11.5 Å². The molecule has 6 rings (SSSR count). The van der Waals surface area contributed by atoms with Crippen LogP contribution in [-0.4, -0.2) is 34.5 Å². The lowest BCUT2D eigenvalue weighted by Gasteiger charge is -2.33. The van der Waals surface area contributed by atoms with Crippen LogP contribution >= 0.6 is 0 Å². The third-order valence-corrected chi connectivity index (χ3v) is 7.82. The van der Waals surface area contributed by atoms with E-state index in [4.69, 9.17) is 9.47 Å². The largest absolute Gasteiger partial charge is 0.454 e. The van der Waals surface area contributed by atoms with Crippen LogP contribution in [-0.2, 0) is 22.6 Å². The van der Waals surface area contributed by atoms with Crippen LogP contribution in [0.3, 0.4) is 0 Å². The second-order valence-corrected chi connectivity index (χ2v) is 10.5. The number of carbonyl (C=O) groups is 2. The number of rotatable bonds is 8. The number of aromatic amines is 1. The van der Waals surface area contributed by atoms with Gasteiger partial charge in [0.2, 0.25) is 18.6 Å². The molecule has 0 spiro atoms. The van der Waals surface area contributed by atoms with Gasteiger partial charge in [0.05, 0.1) is 6.42 Å². The zero-order chi connectivity index (χ0) is 27.5. The minimum atomic E-state index is -0.939. The van der Waals surface area contributed by atoms with Gasteiger partial charge < -0.3 is 24.7 Å². The average Bonchev–Trinajstić information content (AvgIpc) is 3.61. The van der Waals surface area contributed by atoms with Crippen LogP contribution < -0.4 is 14.8 Å². The number of H-pyrrole nitrogens is 1. The SMILES string of the molecule is O=C(NC1CCCCC1)C(c1ccc(F)cc1)N(Cc1ccc2c(c1)OCO2)C(=O)Cc1c[nH]c2ccccc12. The number of benzene rings is 3. The van der Waals surface area contributed by atoms with Crippen molar-refractivity contribution < 1.29 is 23.5 Å². The van der Waals surface area contributed by atoms with Crippen molar-refractivity contribution in [1.82, 2.24) is 15.2 Å². The van der Waals surface area contributed by atoms with E-state index >= 15 is 0 Å². The van der Waals surface area contributed by atoms with E-state index in [-0.39, 0.29) is 37.6 Å². The summed E-state index contributed by atoms with van der Waals surface area (Å²) in [6, 6.07) is 18.3. The summed E-state index contributed by atoms with van der Waals surface area (Å²) in [5, 5.41) is 4.17. The number of carbonyl (C=O) groups excluding carboxylic acids is 2. The molecule has 40 heavy (non-hydrogen) atoms. The van der Waals surface area contributed by atoms with Crippen molar-refractivity contribution in [2.45, 2.75) is 57.2 Å². The minimum Gasteiger partial charge on any atom is -0.454 e. The summed E-state index contributed by atoms with van der Waals surface area (Å²) in [5.74, 6) is 0.377. The fourth-order valence-electron chi connectivity index (χ4n) is 5.75. The van der Waals surface area contributed by atoms with Crippen molar-refractivity contribution in [3.63, 3.8) is 0 Å². The third-order valence-electron chi connectivity index (χ3n) is 7.82. The maximum atomic E-state index is 14.2.